The van der Waals surface area contributed by atoms with Gasteiger partial charge < -0.3 is 14.8 Å². The Labute approximate surface area is 96.8 Å². The molecule has 1 aliphatic heterocycles. The summed E-state index contributed by atoms with van der Waals surface area (Å²) in [5.41, 5.74) is 0. The van der Waals surface area contributed by atoms with Crippen LogP contribution in [-0.2, 0) is 0 Å². The van der Waals surface area contributed by atoms with Gasteiger partial charge in [0.15, 0.2) is 0 Å². The van der Waals surface area contributed by atoms with Crippen molar-refractivity contribution in [3.8, 4) is 11.5 Å². The van der Waals surface area contributed by atoms with E-state index in [0.29, 0.717) is 5.92 Å². The quantitative estimate of drug-likeness (QED) is 0.844. The fourth-order valence-corrected chi connectivity index (χ4v) is 1.95. The van der Waals surface area contributed by atoms with Crippen molar-refractivity contribution >= 4 is 0 Å². The number of piperidine rings is 1. The molecule has 16 heavy (non-hydrogen) atoms. The van der Waals surface area contributed by atoms with Crippen molar-refractivity contribution in [2.24, 2.45) is 5.92 Å². The van der Waals surface area contributed by atoms with E-state index >= 15 is 0 Å². The molecule has 0 spiro atoms. The molecule has 1 saturated heterocycles. The highest BCUT2D eigenvalue weighted by atomic mass is 16.5. The van der Waals surface area contributed by atoms with Crippen LogP contribution in [0, 0.1) is 5.92 Å². The van der Waals surface area contributed by atoms with Crippen LogP contribution in [0.5, 0.6) is 11.5 Å². The summed E-state index contributed by atoms with van der Waals surface area (Å²) in [6.45, 7) is 3.04. The van der Waals surface area contributed by atoms with Crippen molar-refractivity contribution in [3.05, 3.63) is 24.3 Å². The number of nitrogens with one attached hydrogen (secondary N) is 1. The zero-order valence-corrected chi connectivity index (χ0v) is 9.74. The molecule has 0 radical (unpaired) electrons. The maximum absolute atomic E-state index is 5.75. The molecule has 0 saturated carbocycles. The maximum atomic E-state index is 5.75. The van der Waals surface area contributed by atoms with Gasteiger partial charge in [-0.2, -0.15) is 0 Å². The second-order valence-electron chi connectivity index (χ2n) is 4.20. The molecule has 2 rings (SSSR count). The van der Waals surface area contributed by atoms with Crippen LogP contribution in [-0.4, -0.2) is 26.8 Å². The Morgan fingerprint density at radius 3 is 2.62 bits per heavy atom. The molecule has 0 unspecified atom stereocenters. The number of benzene rings is 1. The Hall–Kier alpha value is -1.22. The van der Waals surface area contributed by atoms with E-state index in [1.54, 1.807) is 7.11 Å². The van der Waals surface area contributed by atoms with Gasteiger partial charge in [0, 0.05) is 12.5 Å². The molecule has 0 bridgehead atoms. The van der Waals surface area contributed by atoms with Gasteiger partial charge in [0.05, 0.1) is 13.7 Å². The lowest BCUT2D eigenvalue weighted by Crippen LogP contribution is -2.33. The Morgan fingerprint density at radius 1 is 1.25 bits per heavy atom. The van der Waals surface area contributed by atoms with Crippen LogP contribution in [0.3, 0.4) is 0 Å². The van der Waals surface area contributed by atoms with Crippen molar-refractivity contribution in [1.29, 1.82) is 0 Å². The predicted molar refractivity (Wildman–Crippen MR) is 64.1 cm³/mol. The second kappa shape index (κ2) is 5.75. The maximum Gasteiger partial charge on any atom is 0.119 e. The van der Waals surface area contributed by atoms with Gasteiger partial charge in [0.1, 0.15) is 11.5 Å². The first kappa shape index (κ1) is 11.3. The Bertz CT molecular complexity index is 304. The molecule has 1 atom stereocenters. The summed E-state index contributed by atoms with van der Waals surface area (Å²) in [5, 5.41) is 3.39. The highest BCUT2D eigenvalue weighted by Gasteiger charge is 2.13. The van der Waals surface area contributed by atoms with Gasteiger partial charge in [0.25, 0.3) is 0 Å². The summed E-state index contributed by atoms with van der Waals surface area (Å²) in [6.07, 6.45) is 2.53. The fraction of sp³-hybridized carbons (Fsp3) is 0.538. The lowest BCUT2D eigenvalue weighted by Gasteiger charge is -2.22. The monoisotopic (exact) mass is 221 g/mol. The third kappa shape index (κ3) is 3.14. The molecule has 3 heteroatoms. The van der Waals surface area contributed by atoms with Gasteiger partial charge in [-0.25, -0.2) is 0 Å². The van der Waals surface area contributed by atoms with Gasteiger partial charge in [-0.3, -0.25) is 0 Å². The van der Waals surface area contributed by atoms with E-state index in [1.807, 2.05) is 24.3 Å². The zero-order valence-electron chi connectivity index (χ0n) is 9.74. The highest BCUT2D eigenvalue weighted by molar-refractivity contribution is 5.31. The molecular formula is C13H19NO2. The van der Waals surface area contributed by atoms with Gasteiger partial charge in [-0.1, -0.05) is 0 Å². The van der Waals surface area contributed by atoms with Gasteiger partial charge in [-0.15, -0.1) is 0 Å². The number of rotatable bonds is 4. The Morgan fingerprint density at radius 2 is 2.00 bits per heavy atom. The molecule has 3 nitrogen and oxygen atoms in total. The first-order chi connectivity index (χ1) is 7.88. The van der Waals surface area contributed by atoms with Crippen LogP contribution in [0.25, 0.3) is 0 Å². The molecule has 1 aromatic rings. The van der Waals surface area contributed by atoms with Gasteiger partial charge in [-0.05, 0) is 43.7 Å². The van der Waals surface area contributed by atoms with Crippen LogP contribution < -0.4 is 14.8 Å². The van der Waals surface area contributed by atoms with E-state index in [4.69, 9.17) is 9.47 Å². The van der Waals surface area contributed by atoms with Crippen LogP contribution in [0.15, 0.2) is 24.3 Å². The normalized spacial score (nSPS) is 20.4. The van der Waals surface area contributed by atoms with E-state index in [0.717, 1.165) is 31.2 Å². The smallest absolute Gasteiger partial charge is 0.119 e. The van der Waals surface area contributed by atoms with Crippen LogP contribution in [0.2, 0.25) is 0 Å². The SMILES string of the molecule is COc1ccc(OC[C@@H]2CCCNC2)cc1. The van der Waals surface area contributed by atoms with Crippen molar-refractivity contribution in [2.75, 3.05) is 26.8 Å². The summed E-state index contributed by atoms with van der Waals surface area (Å²) >= 11 is 0. The van der Waals surface area contributed by atoms with Gasteiger partial charge in [0.2, 0.25) is 0 Å². The zero-order chi connectivity index (χ0) is 11.2. The Balaban J connectivity index is 1.79. The minimum absolute atomic E-state index is 0.649. The standard InChI is InChI=1S/C13H19NO2/c1-15-12-4-6-13(7-5-12)16-10-11-3-2-8-14-9-11/h4-7,11,14H,2-3,8-10H2,1H3/t11-/m1/s1. The molecule has 1 aliphatic rings. The number of hydrogen-bond donors (Lipinski definition) is 1. The summed E-state index contributed by atoms with van der Waals surface area (Å²) < 4.78 is 10.8. The first-order valence-corrected chi connectivity index (χ1v) is 5.86. The molecule has 1 N–H and O–H groups in total. The molecule has 0 aliphatic carbocycles. The fourth-order valence-electron chi connectivity index (χ4n) is 1.95. The lowest BCUT2D eigenvalue weighted by molar-refractivity contribution is 0.218. The summed E-state index contributed by atoms with van der Waals surface area (Å²) in [6, 6.07) is 7.76. The predicted octanol–water partition coefficient (Wildman–Crippen LogP) is 2.07. The average Bonchev–Trinajstić information content (AvgIpc) is 2.38. The van der Waals surface area contributed by atoms with Crippen LogP contribution in [0.1, 0.15) is 12.8 Å². The van der Waals surface area contributed by atoms with Crippen molar-refractivity contribution in [1.82, 2.24) is 5.32 Å². The topological polar surface area (TPSA) is 30.5 Å². The molecule has 1 fully saturated rings. The van der Waals surface area contributed by atoms with E-state index < -0.39 is 0 Å². The Kier molecular flexibility index (Phi) is 4.05. The third-order valence-electron chi connectivity index (χ3n) is 2.94. The van der Waals surface area contributed by atoms with Crippen molar-refractivity contribution < 1.29 is 9.47 Å². The van der Waals surface area contributed by atoms with Crippen molar-refractivity contribution in [3.63, 3.8) is 0 Å². The third-order valence-corrected chi connectivity index (χ3v) is 2.94. The number of hydrogen-bond acceptors (Lipinski definition) is 3. The second-order valence-corrected chi connectivity index (χ2v) is 4.20. The first-order valence-electron chi connectivity index (χ1n) is 5.86. The van der Waals surface area contributed by atoms with E-state index in [1.165, 1.54) is 12.8 Å². The molecule has 1 aromatic carbocycles. The van der Waals surface area contributed by atoms with Crippen LogP contribution in [0.4, 0.5) is 0 Å². The van der Waals surface area contributed by atoms with E-state index in [-0.39, 0.29) is 0 Å². The summed E-state index contributed by atoms with van der Waals surface area (Å²) in [7, 11) is 1.67. The molecule has 1 heterocycles. The molecular weight excluding hydrogens is 202 g/mol. The van der Waals surface area contributed by atoms with Gasteiger partial charge >= 0.3 is 0 Å². The van der Waals surface area contributed by atoms with Crippen molar-refractivity contribution in [2.45, 2.75) is 12.8 Å². The van der Waals surface area contributed by atoms with E-state index in [2.05, 4.69) is 5.32 Å². The molecule has 0 amide bonds. The average molecular weight is 221 g/mol. The summed E-state index contributed by atoms with van der Waals surface area (Å²) in [5.74, 6) is 2.44. The highest BCUT2D eigenvalue weighted by Crippen LogP contribution is 2.18. The molecule has 88 valence electrons. The minimum atomic E-state index is 0.649. The number of ether oxygens (including phenoxy) is 2. The summed E-state index contributed by atoms with van der Waals surface area (Å²) in [4.78, 5) is 0. The van der Waals surface area contributed by atoms with E-state index in [9.17, 15) is 0 Å². The minimum Gasteiger partial charge on any atom is -0.497 e. The molecule has 0 aromatic heterocycles. The number of methoxy groups -OCH3 is 1. The van der Waals surface area contributed by atoms with Crippen LogP contribution >= 0.6 is 0 Å². The largest absolute Gasteiger partial charge is 0.497 e. The lowest BCUT2D eigenvalue weighted by atomic mass is 10.0.